The summed E-state index contributed by atoms with van der Waals surface area (Å²) >= 11 is 12.6. The maximum Gasteiger partial charge on any atom is 0.242 e. The number of fused-ring (bicyclic) bond motifs is 2. The highest BCUT2D eigenvalue weighted by molar-refractivity contribution is 7.92. The summed E-state index contributed by atoms with van der Waals surface area (Å²) in [7, 11) is -5.41. The van der Waals surface area contributed by atoms with E-state index in [-0.39, 0.29) is 16.2 Å². The smallest absolute Gasteiger partial charge is 0.242 e. The monoisotopic (exact) mass is 635 g/mol. The standard InChI is InChI=1S/C30H35Cl2N3O4S2/c1-33(41(38,39)25-8-4-3-5-9-25)21-24(23-12-13-27(31)28(32)20-23)14-17-34-18-15-30(16-19-34)22-35(40(2,36)37)29-11-7-6-10-26(29)30/h3-13,20,24H,14-19,21-22H2,1-2H3. The number of benzene rings is 3. The molecular weight excluding hydrogens is 601 g/mol. The van der Waals surface area contributed by atoms with E-state index in [1.807, 2.05) is 30.3 Å². The Balaban J connectivity index is 1.30. The van der Waals surface area contributed by atoms with Crippen LogP contribution in [0.5, 0.6) is 0 Å². The largest absolute Gasteiger partial charge is 0.303 e. The lowest BCUT2D eigenvalue weighted by Crippen LogP contribution is -2.46. The average molecular weight is 637 g/mol. The van der Waals surface area contributed by atoms with Crippen LogP contribution in [0.4, 0.5) is 5.69 Å². The lowest BCUT2D eigenvalue weighted by Gasteiger charge is -2.40. The maximum atomic E-state index is 13.3. The second-order valence-electron chi connectivity index (χ2n) is 11.2. The Morgan fingerprint density at radius 1 is 0.902 bits per heavy atom. The van der Waals surface area contributed by atoms with E-state index in [1.54, 1.807) is 47.8 Å². The molecule has 0 aromatic heterocycles. The highest BCUT2D eigenvalue weighted by atomic mass is 35.5. The van der Waals surface area contributed by atoms with Gasteiger partial charge in [-0.05, 0) is 86.3 Å². The molecule has 1 saturated heterocycles. The predicted octanol–water partition coefficient (Wildman–Crippen LogP) is 5.60. The van der Waals surface area contributed by atoms with Crippen LogP contribution in [0.25, 0.3) is 0 Å². The zero-order valence-electron chi connectivity index (χ0n) is 23.2. The fraction of sp³-hybridized carbons (Fsp3) is 0.400. The normalized spacial score (nSPS) is 18.1. The first kappa shape index (κ1) is 30.3. The Morgan fingerprint density at radius 3 is 2.22 bits per heavy atom. The molecule has 5 rings (SSSR count). The Hall–Kier alpha value is -2.14. The fourth-order valence-electron chi connectivity index (χ4n) is 6.16. The molecule has 1 spiro atoms. The van der Waals surface area contributed by atoms with E-state index < -0.39 is 20.0 Å². The van der Waals surface area contributed by atoms with Crippen molar-refractivity contribution in [2.24, 2.45) is 0 Å². The van der Waals surface area contributed by atoms with Gasteiger partial charge in [-0.1, -0.05) is 65.7 Å². The average Bonchev–Trinajstić information content (AvgIpc) is 3.28. The Morgan fingerprint density at radius 2 is 1.56 bits per heavy atom. The van der Waals surface area contributed by atoms with Gasteiger partial charge in [-0.15, -0.1) is 0 Å². The highest BCUT2D eigenvalue weighted by Gasteiger charge is 2.46. The third-order valence-electron chi connectivity index (χ3n) is 8.54. The van der Waals surface area contributed by atoms with Crippen molar-refractivity contribution in [2.75, 3.05) is 50.3 Å². The van der Waals surface area contributed by atoms with Crippen molar-refractivity contribution >= 4 is 48.9 Å². The first-order chi connectivity index (χ1) is 19.4. The maximum absolute atomic E-state index is 13.3. The van der Waals surface area contributed by atoms with Gasteiger partial charge < -0.3 is 4.90 Å². The van der Waals surface area contributed by atoms with Gasteiger partial charge in [-0.3, -0.25) is 4.31 Å². The van der Waals surface area contributed by atoms with Gasteiger partial charge in [0.05, 0.1) is 26.9 Å². The zero-order valence-corrected chi connectivity index (χ0v) is 26.4. The molecule has 1 fully saturated rings. The molecule has 2 aliphatic rings. The summed E-state index contributed by atoms with van der Waals surface area (Å²) in [6.07, 6.45) is 3.72. The Bertz CT molecular complexity index is 1610. The number of piperidine rings is 1. The van der Waals surface area contributed by atoms with E-state index in [0.29, 0.717) is 23.1 Å². The Kier molecular flexibility index (Phi) is 8.77. The second kappa shape index (κ2) is 11.9. The van der Waals surface area contributed by atoms with Crippen molar-refractivity contribution in [3.05, 3.63) is 94.0 Å². The molecule has 1 atom stereocenters. The molecule has 1 unspecified atom stereocenters. The number of anilines is 1. The summed E-state index contributed by atoms with van der Waals surface area (Å²) in [5.74, 6) is -0.0999. The number of likely N-dealkylation sites (tertiary alicyclic amines) is 1. The molecule has 7 nitrogen and oxygen atoms in total. The van der Waals surface area contributed by atoms with Crippen molar-refractivity contribution in [3.8, 4) is 0 Å². The number of rotatable bonds is 9. The third-order valence-corrected chi connectivity index (χ3v) is 12.2. The summed E-state index contributed by atoms with van der Waals surface area (Å²) in [5, 5.41) is 0.902. The fourth-order valence-corrected chi connectivity index (χ4v) is 8.70. The first-order valence-corrected chi connectivity index (χ1v) is 17.7. The number of hydrogen-bond donors (Lipinski definition) is 0. The SMILES string of the molecule is CN(CC(CCN1CCC2(CC1)CN(S(C)(=O)=O)c1ccccc12)c1ccc(Cl)c(Cl)c1)S(=O)(=O)c1ccccc1. The van der Waals surface area contributed by atoms with Gasteiger partial charge in [0.1, 0.15) is 0 Å². The molecule has 0 amide bonds. The predicted molar refractivity (Wildman–Crippen MR) is 166 cm³/mol. The molecule has 2 aliphatic heterocycles. The number of para-hydroxylation sites is 1. The molecule has 3 aromatic carbocycles. The number of likely N-dealkylation sites (N-methyl/N-ethyl adjacent to an activating group) is 1. The van der Waals surface area contributed by atoms with Crippen molar-refractivity contribution in [1.29, 1.82) is 0 Å². The van der Waals surface area contributed by atoms with Crippen molar-refractivity contribution < 1.29 is 16.8 Å². The highest BCUT2D eigenvalue weighted by Crippen LogP contribution is 2.47. The Labute approximate surface area is 253 Å². The van der Waals surface area contributed by atoms with Crippen molar-refractivity contribution in [3.63, 3.8) is 0 Å². The minimum Gasteiger partial charge on any atom is -0.303 e. The summed E-state index contributed by atoms with van der Waals surface area (Å²) in [6.45, 7) is 3.21. The summed E-state index contributed by atoms with van der Waals surface area (Å²) in [6, 6.07) is 21.8. The van der Waals surface area contributed by atoms with Crippen LogP contribution in [-0.4, -0.2) is 72.1 Å². The molecule has 0 N–H and O–H groups in total. The second-order valence-corrected chi connectivity index (χ2v) is 15.9. The summed E-state index contributed by atoms with van der Waals surface area (Å²) < 4.78 is 54.6. The molecule has 2 heterocycles. The van der Waals surface area contributed by atoms with Gasteiger partial charge in [0.25, 0.3) is 0 Å². The number of nitrogens with zero attached hydrogens (tertiary/aromatic N) is 3. The van der Waals surface area contributed by atoms with Gasteiger partial charge in [0.15, 0.2) is 0 Å². The molecule has 0 aliphatic carbocycles. The molecule has 0 saturated carbocycles. The summed E-state index contributed by atoms with van der Waals surface area (Å²) in [5.41, 5.74) is 2.66. The van der Waals surface area contributed by atoms with Gasteiger partial charge >= 0.3 is 0 Å². The van der Waals surface area contributed by atoms with Crippen LogP contribution in [-0.2, 0) is 25.5 Å². The minimum atomic E-state index is -3.66. The number of sulfonamides is 2. The van der Waals surface area contributed by atoms with E-state index >= 15 is 0 Å². The van der Waals surface area contributed by atoms with E-state index in [4.69, 9.17) is 23.2 Å². The molecule has 3 aromatic rings. The van der Waals surface area contributed by atoms with E-state index in [2.05, 4.69) is 11.0 Å². The van der Waals surface area contributed by atoms with Crippen LogP contribution >= 0.6 is 23.2 Å². The topological polar surface area (TPSA) is 78.0 Å². The quantitative estimate of drug-likeness (QED) is 0.306. The van der Waals surface area contributed by atoms with Gasteiger partial charge in [-0.2, -0.15) is 0 Å². The van der Waals surface area contributed by atoms with Gasteiger partial charge in [-0.25, -0.2) is 21.1 Å². The molecule has 220 valence electrons. The van der Waals surface area contributed by atoms with E-state index in [0.717, 1.165) is 55.7 Å². The minimum absolute atomic E-state index is 0.0999. The lowest BCUT2D eigenvalue weighted by molar-refractivity contribution is 0.162. The zero-order chi connectivity index (χ0) is 29.4. The molecular formula is C30H35Cl2N3O4S2. The van der Waals surface area contributed by atoms with Crippen LogP contribution < -0.4 is 4.31 Å². The molecule has 11 heteroatoms. The van der Waals surface area contributed by atoms with Crippen LogP contribution in [0.3, 0.4) is 0 Å². The number of hydrogen-bond acceptors (Lipinski definition) is 5. The van der Waals surface area contributed by atoms with Crippen LogP contribution in [0.1, 0.15) is 36.3 Å². The van der Waals surface area contributed by atoms with Gasteiger partial charge in [0, 0.05) is 25.6 Å². The van der Waals surface area contributed by atoms with Crippen molar-refractivity contribution in [1.82, 2.24) is 9.21 Å². The molecule has 0 radical (unpaired) electrons. The molecule has 0 bridgehead atoms. The van der Waals surface area contributed by atoms with Crippen LogP contribution in [0.15, 0.2) is 77.7 Å². The van der Waals surface area contributed by atoms with Crippen LogP contribution in [0, 0.1) is 0 Å². The lowest BCUT2D eigenvalue weighted by atomic mass is 9.74. The third kappa shape index (κ3) is 6.31. The van der Waals surface area contributed by atoms with Gasteiger partial charge in [0.2, 0.25) is 20.0 Å². The van der Waals surface area contributed by atoms with E-state index in [9.17, 15) is 16.8 Å². The molecule has 41 heavy (non-hydrogen) atoms. The number of halogens is 2. The van der Waals surface area contributed by atoms with E-state index in [1.165, 1.54) is 10.6 Å². The van der Waals surface area contributed by atoms with Crippen molar-refractivity contribution in [2.45, 2.75) is 35.5 Å². The summed E-state index contributed by atoms with van der Waals surface area (Å²) in [4.78, 5) is 2.66. The van der Waals surface area contributed by atoms with Crippen LogP contribution in [0.2, 0.25) is 10.0 Å². The first-order valence-electron chi connectivity index (χ1n) is 13.7.